The lowest BCUT2D eigenvalue weighted by Crippen LogP contribution is -2.20. The highest BCUT2D eigenvalue weighted by molar-refractivity contribution is 6.09. The first-order valence-electron chi connectivity index (χ1n) is 10.4. The van der Waals surface area contributed by atoms with Crippen molar-refractivity contribution in [2.75, 3.05) is 33.0 Å². The van der Waals surface area contributed by atoms with E-state index in [-0.39, 0.29) is 5.78 Å². The molecule has 0 aromatic heterocycles. The summed E-state index contributed by atoms with van der Waals surface area (Å²) in [6.45, 7) is 5.43. The summed E-state index contributed by atoms with van der Waals surface area (Å²) in [5.74, 6) is 0.472. The summed E-state index contributed by atoms with van der Waals surface area (Å²) >= 11 is 0. The molecule has 0 amide bonds. The van der Waals surface area contributed by atoms with E-state index < -0.39 is 0 Å². The van der Waals surface area contributed by atoms with Gasteiger partial charge >= 0.3 is 0 Å². The van der Waals surface area contributed by atoms with Crippen LogP contribution in [0.3, 0.4) is 0 Å². The number of carbonyl (C=O) groups is 1. The Bertz CT molecular complexity index is 1080. The molecule has 31 heavy (non-hydrogen) atoms. The predicted molar refractivity (Wildman–Crippen MR) is 130 cm³/mol. The molecule has 160 valence electrons. The number of ether oxygens (including phenoxy) is 1. The van der Waals surface area contributed by atoms with Gasteiger partial charge in [-0.1, -0.05) is 53.6 Å². The molecule has 3 aromatic rings. The molecule has 0 fully saturated rings. The number of nitrogens with two attached hydrogens (primary N) is 1. The molecule has 3 aromatic carbocycles. The number of carbonyl (C=O) groups excluding carboxylic acids is 1. The number of allylic oxidation sites excluding steroid dienone is 1. The Labute approximate surface area is 185 Å². The van der Waals surface area contributed by atoms with E-state index in [2.05, 4.69) is 32.0 Å². The van der Waals surface area contributed by atoms with E-state index >= 15 is 0 Å². The summed E-state index contributed by atoms with van der Waals surface area (Å²) in [5, 5.41) is 0. The van der Waals surface area contributed by atoms with Gasteiger partial charge in [0.05, 0.1) is 5.56 Å². The second-order valence-corrected chi connectivity index (χ2v) is 8.07. The second-order valence-electron chi connectivity index (χ2n) is 8.07. The number of rotatable bonds is 8. The van der Waals surface area contributed by atoms with E-state index in [0.717, 1.165) is 23.2 Å². The summed E-state index contributed by atoms with van der Waals surface area (Å²) in [6.07, 6.45) is 3.32. The zero-order valence-corrected chi connectivity index (χ0v) is 18.7. The maximum atomic E-state index is 13.1. The van der Waals surface area contributed by atoms with Gasteiger partial charge in [0.2, 0.25) is 0 Å². The van der Waals surface area contributed by atoms with Crippen LogP contribution in [0, 0.1) is 13.8 Å². The largest absolute Gasteiger partial charge is 0.491 e. The van der Waals surface area contributed by atoms with Gasteiger partial charge in [0, 0.05) is 12.2 Å². The Balaban J connectivity index is 1.96. The topological polar surface area (TPSA) is 55.6 Å². The highest BCUT2D eigenvalue weighted by atomic mass is 16.5. The van der Waals surface area contributed by atoms with Crippen molar-refractivity contribution in [1.82, 2.24) is 4.90 Å². The summed E-state index contributed by atoms with van der Waals surface area (Å²) < 4.78 is 5.96. The molecule has 0 bridgehead atoms. The van der Waals surface area contributed by atoms with Crippen LogP contribution in [0.25, 0.3) is 17.2 Å². The molecular formula is C27H30N2O2. The first-order valence-corrected chi connectivity index (χ1v) is 10.4. The van der Waals surface area contributed by atoms with Crippen LogP contribution in [0.15, 0.2) is 66.7 Å². The van der Waals surface area contributed by atoms with Crippen molar-refractivity contribution in [1.29, 1.82) is 0 Å². The molecule has 0 spiro atoms. The molecule has 0 aliphatic heterocycles. The SMILES string of the molecule is Cc1cc(C)cc(-c2ccc(OCCN(C)C)c(C(=O)C=Cc3ccccc3N)c2)c1. The number of ketones is 1. The Kier molecular flexibility index (Phi) is 7.27. The molecule has 3 rings (SSSR count). The first-order chi connectivity index (χ1) is 14.8. The minimum Gasteiger partial charge on any atom is -0.491 e. The Hall–Kier alpha value is -3.37. The highest BCUT2D eigenvalue weighted by Crippen LogP contribution is 2.29. The van der Waals surface area contributed by atoms with Crippen LogP contribution in [-0.4, -0.2) is 37.9 Å². The van der Waals surface area contributed by atoms with Gasteiger partial charge in [-0.3, -0.25) is 4.79 Å². The average Bonchev–Trinajstić information content (AvgIpc) is 2.72. The maximum absolute atomic E-state index is 13.1. The lowest BCUT2D eigenvalue weighted by atomic mass is 9.97. The number of hydrogen-bond donors (Lipinski definition) is 1. The van der Waals surface area contributed by atoms with Gasteiger partial charge in [-0.05, 0) is 75.0 Å². The van der Waals surface area contributed by atoms with Gasteiger partial charge in [0.15, 0.2) is 5.78 Å². The van der Waals surface area contributed by atoms with Gasteiger partial charge in [0.1, 0.15) is 12.4 Å². The summed E-state index contributed by atoms with van der Waals surface area (Å²) in [7, 11) is 3.98. The van der Waals surface area contributed by atoms with E-state index in [9.17, 15) is 4.79 Å². The number of para-hydroxylation sites is 1. The van der Waals surface area contributed by atoms with E-state index in [4.69, 9.17) is 10.5 Å². The van der Waals surface area contributed by atoms with Gasteiger partial charge in [0.25, 0.3) is 0 Å². The predicted octanol–water partition coefficient (Wildman–Crippen LogP) is 5.39. The molecule has 2 N–H and O–H groups in total. The average molecular weight is 415 g/mol. The quantitative estimate of drug-likeness (QED) is 0.305. The van der Waals surface area contributed by atoms with Gasteiger partial charge < -0.3 is 15.4 Å². The van der Waals surface area contributed by atoms with Gasteiger partial charge in [-0.2, -0.15) is 0 Å². The number of aryl methyl sites for hydroxylation is 2. The zero-order valence-electron chi connectivity index (χ0n) is 18.7. The molecular weight excluding hydrogens is 384 g/mol. The molecule has 0 aliphatic rings. The third kappa shape index (κ3) is 6.06. The third-order valence-corrected chi connectivity index (χ3v) is 5.01. The van der Waals surface area contributed by atoms with Crippen LogP contribution < -0.4 is 10.5 Å². The van der Waals surface area contributed by atoms with Crippen molar-refractivity contribution in [2.24, 2.45) is 0 Å². The van der Waals surface area contributed by atoms with Crippen molar-refractivity contribution in [2.45, 2.75) is 13.8 Å². The van der Waals surface area contributed by atoms with Gasteiger partial charge in [-0.25, -0.2) is 0 Å². The van der Waals surface area contributed by atoms with Crippen LogP contribution >= 0.6 is 0 Å². The molecule has 0 heterocycles. The number of anilines is 1. The highest BCUT2D eigenvalue weighted by Gasteiger charge is 2.13. The number of likely N-dealkylation sites (N-methyl/N-ethyl adjacent to an activating group) is 1. The van der Waals surface area contributed by atoms with Crippen molar-refractivity contribution < 1.29 is 9.53 Å². The van der Waals surface area contributed by atoms with E-state index in [1.165, 1.54) is 11.1 Å². The molecule has 0 atom stereocenters. The van der Waals surface area contributed by atoms with Gasteiger partial charge in [-0.15, -0.1) is 0 Å². The molecule has 4 heteroatoms. The third-order valence-electron chi connectivity index (χ3n) is 5.01. The lowest BCUT2D eigenvalue weighted by molar-refractivity contribution is 0.104. The normalized spacial score (nSPS) is 11.3. The fourth-order valence-electron chi connectivity index (χ4n) is 3.43. The number of nitrogens with zero attached hydrogens (tertiary/aromatic N) is 1. The zero-order chi connectivity index (χ0) is 22.4. The number of hydrogen-bond acceptors (Lipinski definition) is 4. The minimum absolute atomic E-state index is 0.116. The summed E-state index contributed by atoms with van der Waals surface area (Å²) in [5.41, 5.74) is 12.5. The first kappa shape index (κ1) is 22.3. The van der Waals surface area contributed by atoms with Crippen molar-refractivity contribution in [3.8, 4) is 16.9 Å². The standard InChI is InChI=1S/C27H30N2O2/c1-19-15-20(2)17-23(16-19)22-10-12-27(31-14-13-29(3)4)24(18-22)26(30)11-9-21-7-5-6-8-25(21)28/h5-12,15-18H,13-14,28H2,1-4H3. The summed E-state index contributed by atoms with van der Waals surface area (Å²) in [6, 6.07) is 19.7. The van der Waals surface area contributed by atoms with Crippen LogP contribution in [0.2, 0.25) is 0 Å². The van der Waals surface area contributed by atoms with Crippen LogP contribution in [0.4, 0.5) is 5.69 Å². The van der Waals surface area contributed by atoms with Crippen LogP contribution in [0.5, 0.6) is 5.75 Å². The molecule has 0 saturated heterocycles. The van der Waals surface area contributed by atoms with E-state index in [1.54, 1.807) is 12.2 Å². The molecule has 0 aliphatic carbocycles. The lowest BCUT2D eigenvalue weighted by Gasteiger charge is -2.15. The molecule has 0 saturated carbocycles. The summed E-state index contributed by atoms with van der Waals surface area (Å²) in [4.78, 5) is 15.2. The smallest absolute Gasteiger partial charge is 0.189 e. The van der Waals surface area contributed by atoms with Crippen molar-refractivity contribution in [3.05, 3.63) is 89.0 Å². The number of benzene rings is 3. The minimum atomic E-state index is -0.116. The van der Waals surface area contributed by atoms with Crippen LogP contribution in [-0.2, 0) is 0 Å². The Morgan fingerprint density at radius 1 is 0.968 bits per heavy atom. The monoisotopic (exact) mass is 414 g/mol. The van der Waals surface area contributed by atoms with E-state index in [0.29, 0.717) is 23.6 Å². The van der Waals surface area contributed by atoms with Crippen LogP contribution in [0.1, 0.15) is 27.0 Å². The number of nitrogen functional groups attached to an aromatic ring is 1. The molecule has 0 unspecified atom stereocenters. The fourth-order valence-corrected chi connectivity index (χ4v) is 3.43. The molecule has 4 nitrogen and oxygen atoms in total. The maximum Gasteiger partial charge on any atom is 0.189 e. The van der Waals surface area contributed by atoms with Crippen molar-refractivity contribution in [3.63, 3.8) is 0 Å². The Morgan fingerprint density at radius 3 is 2.35 bits per heavy atom. The second kappa shape index (κ2) is 10.1. The van der Waals surface area contributed by atoms with E-state index in [1.807, 2.05) is 61.5 Å². The van der Waals surface area contributed by atoms with Crippen molar-refractivity contribution >= 4 is 17.5 Å². The Morgan fingerprint density at radius 2 is 1.68 bits per heavy atom. The fraction of sp³-hybridized carbons (Fsp3) is 0.222. The molecule has 0 radical (unpaired) electrons.